The van der Waals surface area contributed by atoms with Crippen molar-refractivity contribution in [2.24, 2.45) is 5.73 Å². The lowest BCUT2D eigenvalue weighted by Crippen LogP contribution is -2.20. The van der Waals surface area contributed by atoms with E-state index in [4.69, 9.17) is 5.73 Å². The molecule has 112 valence electrons. The fourth-order valence-corrected chi connectivity index (χ4v) is 2.66. The molecule has 0 bridgehead atoms. The minimum atomic E-state index is -0.571. The highest BCUT2D eigenvalue weighted by molar-refractivity contribution is 5.32. The van der Waals surface area contributed by atoms with E-state index in [0.717, 1.165) is 11.1 Å². The Morgan fingerprint density at radius 3 is 2.10 bits per heavy atom. The summed E-state index contributed by atoms with van der Waals surface area (Å²) < 4.78 is 0. The highest BCUT2D eigenvalue weighted by Gasteiger charge is 2.21. The van der Waals surface area contributed by atoms with E-state index in [1.165, 1.54) is 11.1 Å². The molecule has 2 atom stereocenters. The first-order valence-electron chi connectivity index (χ1n) is 7.57. The summed E-state index contributed by atoms with van der Waals surface area (Å²) in [5, 5.41) is 10.7. The molecule has 2 unspecified atom stereocenters. The Balaban J connectivity index is 2.25. The molecular formula is C19H25NO. The Kier molecular flexibility index (Phi) is 5.16. The van der Waals surface area contributed by atoms with Crippen LogP contribution >= 0.6 is 0 Å². The van der Waals surface area contributed by atoms with Gasteiger partial charge in [0.1, 0.15) is 0 Å². The van der Waals surface area contributed by atoms with Crippen LogP contribution in [-0.4, -0.2) is 11.7 Å². The van der Waals surface area contributed by atoms with Crippen molar-refractivity contribution in [1.29, 1.82) is 0 Å². The summed E-state index contributed by atoms with van der Waals surface area (Å²) in [6.07, 6.45) is -0.571. The third-order valence-corrected chi connectivity index (χ3v) is 4.05. The maximum atomic E-state index is 10.7. The fourth-order valence-electron chi connectivity index (χ4n) is 2.66. The van der Waals surface area contributed by atoms with Crippen molar-refractivity contribution >= 4 is 0 Å². The molecule has 2 aromatic rings. The molecule has 0 aliphatic heterocycles. The first-order chi connectivity index (χ1) is 10.0. The van der Waals surface area contributed by atoms with Crippen LogP contribution in [0.15, 0.2) is 48.5 Å². The van der Waals surface area contributed by atoms with Gasteiger partial charge < -0.3 is 10.8 Å². The number of benzene rings is 2. The van der Waals surface area contributed by atoms with Gasteiger partial charge in [0, 0.05) is 12.5 Å². The minimum absolute atomic E-state index is 0.0743. The van der Waals surface area contributed by atoms with Crippen molar-refractivity contribution in [3.05, 3.63) is 70.8 Å². The van der Waals surface area contributed by atoms with E-state index >= 15 is 0 Å². The summed E-state index contributed by atoms with van der Waals surface area (Å²) in [5.74, 6) is 0.424. The molecule has 3 N–H and O–H groups in total. The number of nitrogens with two attached hydrogens (primary N) is 1. The molecule has 0 aliphatic rings. The van der Waals surface area contributed by atoms with Crippen LogP contribution in [0.5, 0.6) is 0 Å². The van der Waals surface area contributed by atoms with E-state index in [9.17, 15) is 5.11 Å². The van der Waals surface area contributed by atoms with Crippen LogP contribution in [0, 0.1) is 6.92 Å². The Bertz CT molecular complexity index is 574. The van der Waals surface area contributed by atoms with E-state index in [1.807, 2.05) is 24.3 Å². The first-order valence-corrected chi connectivity index (χ1v) is 7.57. The number of aliphatic hydroxyl groups excluding tert-OH is 1. The van der Waals surface area contributed by atoms with Gasteiger partial charge in [0.2, 0.25) is 0 Å². The zero-order chi connectivity index (χ0) is 15.4. The lowest BCUT2D eigenvalue weighted by atomic mass is 9.88. The van der Waals surface area contributed by atoms with Crippen molar-refractivity contribution in [3.63, 3.8) is 0 Å². The van der Waals surface area contributed by atoms with Gasteiger partial charge in [-0.15, -0.1) is 0 Å². The van der Waals surface area contributed by atoms with Crippen LogP contribution < -0.4 is 5.73 Å². The molecule has 0 aromatic heterocycles. The lowest BCUT2D eigenvalue weighted by Gasteiger charge is -2.23. The van der Waals surface area contributed by atoms with E-state index in [-0.39, 0.29) is 5.92 Å². The van der Waals surface area contributed by atoms with Crippen molar-refractivity contribution in [2.75, 3.05) is 6.54 Å². The van der Waals surface area contributed by atoms with Gasteiger partial charge in [-0.1, -0.05) is 67.9 Å². The zero-order valence-corrected chi connectivity index (χ0v) is 13.1. The predicted molar refractivity (Wildman–Crippen MR) is 88.5 cm³/mol. The number of aliphatic hydroxyl groups is 1. The summed E-state index contributed by atoms with van der Waals surface area (Å²) in [5.41, 5.74) is 10.4. The largest absolute Gasteiger partial charge is 0.388 e. The van der Waals surface area contributed by atoms with Gasteiger partial charge in [-0.2, -0.15) is 0 Å². The molecule has 0 spiro atoms. The second-order valence-corrected chi connectivity index (χ2v) is 6.02. The third-order valence-electron chi connectivity index (χ3n) is 4.05. The Labute approximate surface area is 127 Å². The van der Waals surface area contributed by atoms with E-state index in [0.29, 0.717) is 12.5 Å². The first kappa shape index (κ1) is 15.7. The molecule has 0 heterocycles. The second-order valence-electron chi connectivity index (χ2n) is 6.02. The van der Waals surface area contributed by atoms with Crippen molar-refractivity contribution < 1.29 is 5.11 Å². The molecule has 0 radical (unpaired) electrons. The topological polar surface area (TPSA) is 46.2 Å². The van der Waals surface area contributed by atoms with Crippen LogP contribution in [-0.2, 0) is 0 Å². The highest BCUT2D eigenvalue weighted by atomic mass is 16.3. The van der Waals surface area contributed by atoms with Crippen LogP contribution in [0.4, 0.5) is 0 Å². The van der Waals surface area contributed by atoms with Crippen molar-refractivity contribution in [3.8, 4) is 0 Å². The van der Waals surface area contributed by atoms with Crippen LogP contribution in [0.1, 0.15) is 54.0 Å². The Morgan fingerprint density at radius 2 is 1.57 bits per heavy atom. The summed E-state index contributed by atoms with van der Waals surface area (Å²) in [6, 6.07) is 16.4. The average molecular weight is 283 g/mol. The van der Waals surface area contributed by atoms with Crippen molar-refractivity contribution in [1.82, 2.24) is 0 Å². The molecule has 2 heteroatoms. The minimum Gasteiger partial charge on any atom is -0.388 e. The van der Waals surface area contributed by atoms with Gasteiger partial charge in [0.25, 0.3) is 0 Å². The number of hydrogen-bond acceptors (Lipinski definition) is 2. The average Bonchev–Trinajstić information content (AvgIpc) is 2.48. The molecule has 0 fully saturated rings. The van der Waals surface area contributed by atoms with Gasteiger partial charge in [-0.3, -0.25) is 0 Å². The summed E-state index contributed by atoms with van der Waals surface area (Å²) >= 11 is 0. The number of aryl methyl sites for hydroxylation is 1. The predicted octanol–water partition coefficient (Wildman–Crippen LogP) is 3.89. The smallest absolute Gasteiger partial charge is 0.0870 e. The second kappa shape index (κ2) is 6.88. The molecule has 0 amide bonds. The van der Waals surface area contributed by atoms with Gasteiger partial charge in [0.15, 0.2) is 0 Å². The van der Waals surface area contributed by atoms with Gasteiger partial charge in [-0.25, -0.2) is 0 Å². The van der Waals surface area contributed by atoms with Crippen LogP contribution in [0.3, 0.4) is 0 Å². The standard InChI is InChI=1S/C19H25NO/c1-13(2)15-7-9-16(10-8-15)19(21)18(12-20)17-6-4-5-14(3)11-17/h4-11,13,18-19,21H,12,20H2,1-3H3. The van der Waals surface area contributed by atoms with Gasteiger partial charge in [0.05, 0.1) is 6.10 Å². The van der Waals surface area contributed by atoms with Crippen molar-refractivity contribution in [2.45, 2.75) is 38.7 Å². The maximum absolute atomic E-state index is 10.7. The van der Waals surface area contributed by atoms with E-state index in [1.54, 1.807) is 0 Å². The summed E-state index contributed by atoms with van der Waals surface area (Å²) in [6.45, 7) is 6.82. The number of rotatable bonds is 5. The zero-order valence-electron chi connectivity index (χ0n) is 13.1. The summed E-state index contributed by atoms with van der Waals surface area (Å²) in [4.78, 5) is 0. The molecule has 0 saturated carbocycles. The Morgan fingerprint density at radius 1 is 0.952 bits per heavy atom. The monoisotopic (exact) mass is 283 g/mol. The maximum Gasteiger partial charge on any atom is 0.0870 e. The molecular weight excluding hydrogens is 258 g/mol. The number of hydrogen-bond donors (Lipinski definition) is 2. The molecule has 21 heavy (non-hydrogen) atoms. The molecule has 2 rings (SSSR count). The Hall–Kier alpha value is -1.64. The quantitative estimate of drug-likeness (QED) is 0.874. The normalized spacial score (nSPS) is 14.2. The highest BCUT2D eigenvalue weighted by Crippen LogP contribution is 2.31. The van der Waals surface area contributed by atoms with Gasteiger partial charge in [-0.05, 0) is 29.5 Å². The molecule has 0 aliphatic carbocycles. The fraction of sp³-hybridized carbons (Fsp3) is 0.368. The molecule has 2 nitrogen and oxygen atoms in total. The summed E-state index contributed by atoms with van der Waals surface area (Å²) in [7, 11) is 0. The van der Waals surface area contributed by atoms with Gasteiger partial charge >= 0.3 is 0 Å². The molecule has 0 saturated heterocycles. The lowest BCUT2D eigenvalue weighted by molar-refractivity contribution is 0.147. The van der Waals surface area contributed by atoms with E-state index < -0.39 is 6.10 Å². The molecule has 2 aromatic carbocycles. The van der Waals surface area contributed by atoms with Crippen LogP contribution in [0.25, 0.3) is 0 Å². The van der Waals surface area contributed by atoms with E-state index in [2.05, 4.69) is 45.0 Å². The SMILES string of the molecule is Cc1cccc(C(CN)C(O)c2ccc(C(C)C)cc2)c1. The third kappa shape index (κ3) is 3.72. The van der Waals surface area contributed by atoms with Crippen LogP contribution in [0.2, 0.25) is 0 Å².